The molecule has 4 atom stereocenters. The van der Waals surface area contributed by atoms with Crippen molar-refractivity contribution in [3.63, 3.8) is 0 Å². The first-order chi connectivity index (χ1) is 12.9. The summed E-state index contributed by atoms with van der Waals surface area (Å²) in [6.07, 6.45) is 23.3. The van der Waals surface area contributed by atoms with Gasteiger partial charge in [-0.15, -0.1) is 0 Å². The van der Waals surface area contributed by atoms with E-state index in [9.17, 15) is 0 Å². The predicted octanol–water partition coefficient (Wildman–Crippen LogP) is 8.42. The highest BCUT2D eigenvalue weighted by molar-refractivity contribution is 5.35. The van der Waals surface area contributed by atoms with Gasteiger partial charge in [0, 0.05) is 0 Å². The van der Waals surface area contributed by atoms with E-state index >= 15 is 0 Å². The van der Waals surface area contributed by atoms with Gasteiger partial charge in [0.2, 0.25) is 0 Å². The first kappa shape index (κ1) is 20.7. The Labute approximate surface area is 168 Å². The van der Waals surface area contributed by atoms with Gasteiger partial charge in [0.15, 0.2) is 0 Å². The molecule has 0 heteroatoms. The standard InChI is InChI=1S/C27H42/c1-20(2)21(3)11-8-14-25-17-18-26-24(13-9-19-27(25,26)5)16-15-23-12-7-6-10-22(23)4/h8,11,15-16,20-21,25-26H,4,6-7,9-10,12-14,17-19H2,1-3,5H3/b11-8+,23-15-,24-16+/t21-,25?,26?,27?/m0/s1. The summed E-state index contributed by atoms with van der Waals surface area (Å²) in [5, 5.41) is 0. The number of rotatable bonds is 5. The molecule has 3 rings (SSSR count). The monoisotopic (exact) mass is 366 g/mol. The summed E-state index contributed by atoms with van der Waals surface area (Å²) in [4.78, 5) is 0. The van der Waals surface area contributed by atoms with Gasteiger partial charge in [0.25, 0.3) is 0 Å². The zero-order valence-electron chi connectivity index (χ0n) is 18.4. The van der Waals surface area contributed by atoms with Gasteiger partial charge in [-0.2, -0.15) is 0 Å². The molecule has 0 aromatic carbocycles. The predicted molar refractivity (Wildman–Crippen MR) is 120 cm³/mol. The van der Waals surface area contributed by atoms with Crippen LogP contribution in [0.1, 0.15) is 91.9 Å². The minimum atomic E-state index is 0.525. The van der Waals surface area contributed by atoms with Crippen LogP contribution in [0.15, 0.2) is 47.6 Å². The largest absolute Gasteiger partial charge is 0.0956 e. The molecule has 3 aliphatic carbocycles. The Morgan fingerprint density at radius 2 is 1.81 bits per heavy atom. The SMILES string of the molecule is C=C1CCCC/C1=C/C=C1\CCCC2(C)C(C/C=C/[C@H](C)C(C)C)CCC12. The van der Waals surface area contributed by atoms with Crippen LogP contribution in [0.3, 0.4) is 0 Å². The van der Waals surface area contributed by atoms with Gasteiger partial charge in [-0.05, 0) is 98.9 Å². The van der Waals surface area contributed by atoms with Crippen molar-refractivity contribution in [2.45, 2.75) is 91.9 Å². The Kier molecular flexibility index (Phi) is 6.88. The normalized spacial score (nSPS) is 36.1. The molecule has 3 unspecified atom stereocenters. The lowest BCUT2D eigenvalue weighted by Crippen LogP contribution is -2.33. The zero-order valence-corrected chi connectivity index (χ0v) is 18.4. The van der Waals surface area contributed by atoms with E-state index in [0.29, 0.717) is 11.3 Å². The third-order valence-corrected chi connectivity index (χ3v) is 8.20. The van der Waals surface area contributed by atoms with Crippen molar-refractivity contribution in [1.82, 2.24) is 0 Å². The van der Waals surface area contributed by atoms with E-state index in [1.165, 1.54) is 75.4 Å². The van der Waals surface area contributed by atoms with Crippen LogP contribution in [0.4, 0.5) is 0 Å². The lowest BCUT2D eigenvalue weighted by atomic mass is 9.63. The Hall–Kier alpha value is -1.04. The van der Waals surface area contributed by atoms with E-state index < -0.39 is 0 Å². The van der Waals surface area contributed by atoms with E-state index in [2.05, 4.69) is 58.6 Å². The van der Waals surface area contributed by atoms with Gasteiger partial charge >= 0.3 is 0 Å². The van der Waals surface area contributed by atoms with Gasteiger partial charge in [-0.25, -0.2) is 0 Å². The molecule has 0 saturated heterocycles. The highest BCUT2D eigenvalue weighted by atomic mass is 14.5. The first-order valence-corrected chi connectivity index (χ1v) is 11.7. The average Bonchev–Trinajstić information content (AvgIpc) is 2.98. The number of fused-ring (bicyclic) bond motifs is 1. The molecular formula is C27H42. The summed E-state index contributed by atoms with van der Waals surface area (Å²) in [5.74, 6) is 3.15. The van der Waals surface area contributed by atoms with Gasteiger partial charge in [-0.3, -0.25) is 0 Å². The second-order valence-electron chi connectivity index (χ2n) is 10.2. The summed E-state index contributed by atoms with van der Waals surface area (Å²) in [6, 6.07) is 0. The molecule has 0 spiro atoms. The van der Waals surface area contributed by atoms with E-state index in [4.69, 9.17) is 0 Å². The van der Waals surface area contributed by atoms with Crippen LogP contribution in [0, 0.1) is 29.1 Å². The molecule has 0 aromatic heterocycles. The molecule has 0 heterocycles. The maximum Gasteiger partial charge on any atom is -0.0143 e. The number of allylic oxidation sites excluding steroid dienone is 7. The van der Waals surface area contributed by atoms with Crippen molar-refractivity contribution in [2.24, 2.45) is 29.1 Å². The minimum absolute atomic E-state index is 0.525. The fourth-order valence-corrected chi connectivity index (χ4v) is 5.81. The van der Waals surface area contributed by atoms with Gasteiger partial charge < -0.3 is 0 Å². The van der Waals surface area contributed by atoms with Crippen molar-refractivity contribution in [3.8, 4) is 0 Å². The Balaban J connectivity index is 1.69. The molecule has 0 bridgehead atoms. The van der Waals surface area contributed by atoms with E-state index in [1.54, 1.807) is 5.57 Å². The van der Waals surface area contributed by atoms with Crippen molar-refractivity contribution >= 4 is 0 Å². The lowest BCUT2D eigenvalue weighted by molar-refractivity contribution is 0.137. The van der Waals surface area contributed by atoms with Crippen LogP contribution in [0.25, 0.3) is 0 Å². The van der Waals surface area contributed by atoms with Crippen LogP contribution in [-0.4, -0.2) is 0 Å². The molecule has 3 saturated carbocycles. The summed E-state index contributed by atoms with van der Waals surface area (Å²) in [7, 11) is 0. The van der Waals surface area contributed by atoms with E-state index in [0.717, 1.165) is 17.8 Å². The smallest absolute Gasteiger partial charge is 0.0143 e. The van der Waals surface area contributed by atoms with Crippen LogP contribution >= 0.6 is 0 Å². The number of hydrogen-bond donors (Lipinski definition) is 0. The maximum atomic E-state index is 4.31. The molecule has 0 nitrogen and oxygen atoms in total. The molecule has 0 amide bonds. The fraction of sp³-hybridized carbons (Fsp3) is 0.704. The van der Waals surface area contributed by atoms with Crippen molar-refractivity contribution in [1.29, 1.82) is 0 Å². The molecule has 0 aromatic rings. The Morgan fingerprint density at radius 3 is 2.56 bits per heavy atom. The van der Waals surface area contributed by atoms with Crippen molar-refractivity contribution in [3.05, 3.63) is 47.6 Å². The molecule has 0 radical (unpaired) electrons. The van der Waals surface area contributed by atoms with Gasteiger partial charge in [0.1, 0.15) is 0 Å². The quantitative estimate of drug-likeness (QED) is 0.428. The molecule has 3 aliphatic rings. The third kappa shape index (κ3) is 4.69. The zero-order chi connectivity index (χ0) is 19.4. The fourth-order valence-electron chi connectivity index (χ4n) is 5.81. The summed E-state index contributed by atoms with van der Waals surface area (Å²) in [5.41, 5.74) is 5.20. The second-order valence-corrected chi connectivity index (χ2v) is 10.2. The highest BCUT2D eigenvalue weighted by Gasteiger charge is 2.48. The molecule has 3 fully saturated rings. The van der Waals surface area contributed by atoms with Crippen LogP contribution < -0.4 is 0 Å². The van der Waals surface area contributed by atoms with Crippen LogP contribution in [-0.2, 0) is 0 Å². The first-order valence-electron chi connectivity index (χ1n) is 11.7. The summed E-state index contributed by atoms with van der Waals surface area (Å²) in [6.45, 7) is 13.9. The molecule has 0 N–H and O–H groups in total. The lowest BCUT2D eigenvalue weighted by Gasteiger charge is -2.42. The highest BCUT2D eigenvalue weighted by Crippen LogP contribution is 2.58. The van der Waals surface area contributed by atoms with Crippen molar-refractivity contribution < 1.29 is 0 Å². The molecule has 27 heavy (non-hydrogen) atoms. The van der Waals surface area contributed by atoms with Crippen LogP contribution in [0.2, 0.25) is 0 Å². The topological polar surface area (TPSA) is 0 Å². The Bertz CT molecular complexity index is 614. The third-order valence-electron chi connectivity index (χ3n) is 8.20. The molecule has 150 valence electrons. The van der Waals surface area contributed by atoms with E-state index in [-0.39, 0.29) is 0 Å². The average molecular weight is 367 g/mol. The second kappa shape index (κ2) is 8.97. The van der Waals surface area contributed by atoms with Crippen molar-refractivity contribution in [2.75, 3.05) is 0 Å². The van der Waals surface area contributed by atoms with Crippen LogP contribution in [0.5, 0.6) is 0 Å². The van der Waals surface area contributed by atoms with Gasteiger partial charge in [0.05, 0.1) is 0 Å². The Morgan fingerprint density at radius 1 is 1.04 bits per heavy atom. The molecular weight excluding hydrogens is 324 g/mol. The summed E-state index contributed by atoms with van der Waals surface area (Å²) < 4.78 is 0. The minimum Gasteiger partial charge on any atom is -0.0956 e. The van der Waals surface area contributed by atoms with E-state index in [1.807, 2.05) is 0 Å². The van der Waals surface area contributed by atoms with Gasteiger partial charge in [-0.1, -0.05) is 69.7 Å². The molecule has 0 aliphatic heterocycles. The summed E-state index contributed by atoms with van der Waals surface area (Å²) >= 11 is 0. The maximum absolute atomic E-state index is 4.31. The number of hydrogen-bond acceptors (Lipinski definition) is 0.